The number of carbonyl (C=O) groups is 1. The van der Waals surface area contributed by atoms with E-state index in [1.54, 1.807) is 41.9 Å². The molecule has 1 aliphatic rings. The molecule has 3 aromatic rings. The van der Waals surface area contributed by atoms with Crippen LogP contribution in [-0.2, 0) is 16.1 Å². The van der Waals surface area contributed by atoms with Crippen molar-refractivity contribution in [2.75, 3.05) is 0 Å². The Morgan fingerprint density at radius 3 is 2.76 bits per heavy atom. The lowest BCUT2D eigenvalue weighted by molar-refractivity contribution is -0.384. The summed E-state index contributed by atoms with van der Waals surface area (Å²) in [6.07, 6.45) is 1.58. The second-order valence-electron chi connectivity index (χ2n) is 5.98. The molecule has 1 aromatic heterocycles. The zero-order chi connectivity index (χ0) is 20.2. The van der Waals surface area contributed by atoms with Crippen LogP contribution < -0.4 is 4.74 Å². The molecule has 2 aromatic carbocycles. The summed E-state index contributed by atoms with van der Waals surface area (Å²) in [6, 6.07) is 12.9. The Morgan fingerprint density at radius 2 is 2.03 bits per heavy atom. The van der Waals surface area contributed by atoms with E-state index in [0.717, 1.165) is 11.3 Å². The third-order valence-electron chi connectivity index (χ3n) is 3.98. The van der Waals surface area contributed by atoms with Crippen LogP contribution in [0.3, 0.4) is 0 Å². The van der Waals surface area contributed by atoms with Crippen LogP contribution in [0.4, 0.5) is 5.69 Å². The Morgan fingerprint density at radius 1 is 1.21 bits per heavy atom. The monoisotopic (exact) mass is 407 g/mol. The largest absolute Gasteiger partial charge is 0.487 e. The van der Waals surface area contributed by atoms with Crippen LogP contribution in [0.1, 0.15) is 16.8 Å². The number of nitrogens with zero attached hydrogens (tertiary/aromatic N) is 3. The molecule has 0 spiro atoms. The number of benzene rings is 2. The molecule has 0 aliphatic carbocycles. The quantitative estimate of drug-likeness (QED) is 0.265. The molecule has 2 heterocycles. The average molecular weight is 407 g/mol. The summed E-state index contributed by atoms with van der Waals surface area (Å²) in [7, 11) is 0. The minimum absolute atomic E-state index is 0.0353. The number of esters is 1. The SMILES string of the molecule is O=C1OC(c2cccc([N+](=O)[O-])c2)=N/C1=C/c1ccc(OCc2cscn2)cc1. The van der Waals surface area contributed by atoms with Gasteiger partial charge in [0.1, 0.15) is 12.4 Å². The summed E-state index contributed by atoms with van der Waals surface area (Å²) < 4.78 is 10.8. The Hall–Kier alpha value is -3.85. The summed E-state index contributed by atoms with van der Waals surface area (Å²) >= 11 is 1.51. The fraction of sp³-hybridized carbons (Fsp3) is 0.0500. The molecule has 0 amide bonds. The molecular formula is C20H13N3O5S. The maximum atomic E-state index is 12.1. The van der Waals surface area contributed by atoms with Gasteiger partial charge in [-0.05, 0) is 29.8 Å². The molecule has 8 nitrogen and oxygen atoms in total. The van der Waals surface area contributed by atoms with Crippen LogP contribution in [0, 0.1) is 10.1 Å². The van der Waals surface area contributed by atoms with Gasteiger partial charge in [-0.1, -0.05) is 18.2 Å². The number of rotatable bonds is 6. The van der Waals surface area contributed by atoms with Gasteiger partial charge in [0.25, 0.3) is 5.69 Å². The van der Waals surface area contributed by atoms with Crippen LogP contribution in [-0.4, -0.2) is 21.8 Å². The molecule has 4 rings (SSSR count). The minimum atomic E-state index is -0.615. The summed E-state index contributed by atoms with van der Waals surface area (Å²) in [5.74, 6) is 0.0958. The Balaban J connectivity index is 1.49. The molecule has 0 radical (unpaired) electrons. The first kappa shape index (κ1) is 18.5. The Bertz CT molecular complexity index is 1120. The van der Waals surface area contributed by atoms with Crippen molar-refractivity contribution in [3.63, 3.8) is 0 Å². The lowest BCUT2D eigenvalue weighted by Gasteiger charge is -2.04. The maximum Gasteiger partial charge on any atom is 0.363 e. The molecule has 0 saturated carbocycles. The van der Waals surface area contributed by atoms with Crippen molar-refractivity contribution in [3.8, 4) is 5.75 Å². The topological polar surface area (TPSA) is 104 Å². The van der Waals surface area contributed by atoms with Gasteiger partial charge in [0.05, 0.1) is 16.1 Å². The molecule has 0 saturated heterocycles. The van der Waals surface area contributed by atoms with Gasteiger partial charge in [-0.25, -0.2) is 14.8 Å². The van der Waals surface area contributed by atoms with Crippen LogP contribution >= 0.6 is 11.3 Å². The van der Waals surface area contributed by atoms with Gasteiger partial charge in [-0.15, -0.1) is 11.3 Å². The van der Waals surface area contributed by atoms with E-state index < -0.39 is 10.9 Å². The van der Waals surface area contributed by atoms with E-state index in [1.165, 1.54) is 29.5 Å². The fourth-order valence-electron chi connectivity index (χ4n) is 2.57. The lowest BCUT2D eigenvalue weighted by atomic mass is 10.2. The van der Waals surface area contributed by atoms with Crippen LogP contribution in [0.5, 0.6) is 5.75 Å². The first-order valence-electron chi connectivity index (χ1n) is 8.46. The molecule has 144 valence electrons. The third kappa shape index (κ3) is 4.36. The summed E-state index contributed by atoms with van der Waals surface area (Å²) in [5, 5.41) is 12.8. The summed E-state index contributed by atoms with van der Waals surface area (Å²) in [5.41, 5.74) is 3.72. The first-order valence-corrected chi connectivity index (χ1v) is 9.40. The number of thiazole rings is 1. The molecule has 0 N–H and O–H groups in total. The summed E-state index contributed by atoms with van der Waals surface area (Å²) in [6.45, 7) is 0.382. The number of hydrogen-bond donors (Lipinski definition) is 0. The van der Waals surface area contributed by atoms with Gasteiger partial charge in [0.2, 0.25) is 5.90 Å². The van der Waals surface area contributed by atoms with Crippen molar-refractivity contribution in [3.05, 3.63) is 92.1 Å². The number of carbonyl (C=O) groups excluding carboxylic acids is 1. The number of hydrogen-bond acceptors (Lipinski definition) is 8. The molecule has 1 aliphatic heterocycles. The van der Waals surface area contributed by atoms with Gasteiger partial charge >= 0.3 is 5.97 Å². The van der Waals surface area contributed by atoms with Crippen LogP contribution in [0.15, 0.2) is 70.1 Å². The van der Waals surface area contributed by atoms with Crippen molar-refractivity contribution >= 4 is 35.0 Å². The normalized spacial score (nSPS) is 14.6. The highest BCUT2D eigenvalue weighted by Gasteiger charge is 2.25. The van der Waals surface area contributed by atoms with Crippen molar-refractivity contribution in [2.45, 2.75) is 6.61 Å². The number of aliphatic imine (C=N–C) groups is 1. The molecule has 0 unspecified atom stereocenters. The highest BCUT2D eigenvalue weighted by atomic mass is 32.1. The fourth-order valence-corrected chi connectivity index (χ4v) is 3.11. The average Bonchev–Trinajstić information content (AvgIpc) is 3.38. The second-order valence-corrected chi connectivity index (χ2v) is 6.70. The van der Waals surface area contributed by atoms with Gasteiger partial charge in [0, 0.05) is 23.1 Å². The van der Waals surface area contributed by atoms with E-state index >= 15 is 0 Å². The third-order valence-corrected chi connectivity index (χ3v) is 4.61. The van der Waals surface area contributed by atoms with E-state index in [0.29, 0.717) is 17.9 Å². The number of nitro benzene ring substituents is 1. The molecule has 9 heteroatoms. The summed E-state index contributed by atoms with van der Waals surface area (Å²) in [4.78, 5) is 30.8. The number of ether oxygens (including phenoxy) is 2. The van der Waals surface area contributed by atoms with E-state index in [4.69, 9.17) is 9.47 Å². The highest BCUT2D eigenvalue weighted by molar-refractivity contribution is 7.07. The van der Waals surface area contributed by atoms with E-state index in [2.05, 4.69) is 9.98 Å². The number of non-ortho nitro benzene ring substituents is 1. The van der Waals surface area contributed by atoms with Crippen LogP contribution in [0.25, 0.3) is 6.08 Å². The van der Waals surface area contributed by atoms with Gasteiger partial charge in [0.15, 0.2) is 5.70 Å². The second kappa shape index (κ2) is 8.03. The van der Waals surface area contributed by atoms with Gasteiger partial charge in [-0.3, -0.25) is 10.1 Å². The van der Waals surface area contributed by atoms with Crippen LogP contribution in [0.2, 0.25) is 0 Å². The maximum absolute atomic E-state index is 12.1. The molecule has 0 bridgehead atoms. The molecular weight excluding hydrogens is 394 g/mol. The predicted octanol–water partition coefficient (Wildman–Crippen LogP) is 3.97. The number of nitro groups is 1. The Labute approximate surface area is 168 Å². The smallest absolute Gasteiger partial charge is 0.363 e. The highest BCUT2D eigenvalue weighted by Crippen LogP contribution is 2.22. The van der Waals surface area contributed by atoms with Gasteiger partial charge < -0.3 is 9.47 Å². The number of cyclic esters (lactones) is 1. The zero-order valence-electron chi connectivity index (χ0n) is 14.8. The number of aromatic nitrogens is 1. The molecule has 0 atom stereocenters. The first-order chi connectivity index (χ1) is 14.1. The van der Waals surface area contributed by atoms with Crippen molar-refractivity contribution in [1.82, 2.24) is 4.98 Å². The van der Waals surface area contributed by atoms with E-state index in [-0.39, 0.29) is 17.3 Å². The van der Waals surface area contributed by atoms with E-state index in [9.17, 15) is 14.9 Å². The predicted molar refractivity (Wildman–Crippen MR) is 107 cm³/mol. The standard InChI is InChI=1S/C20H13N3O5S/c24-20-18(22-19(28-20)14-2-1-3-16(9-14)23(25)26)8-13-4-6-17(7-5-13)27-10-15-11-29-12-21-15/h1-9,11-12H,10H2/b18-8+. The van der Waals surface area contributed by atoms with Crippen molar-refractivity contribution in [2.24, 2.45) is 4.99 Å². The van der Waals surface area contributed by atoms with Crippen molar-refractivity contribution in [1.29, 1.82) is 0 Å². The van der Waals surface area contributed by atoms with Crippen molar-refractivity contribution < 1.29 is 19.2 Å². The van der Waals surface area contributed by atoms with E-state index in [1.807, 2.05) is 5.38 Å². The lowest BCUT2D eigenvalue weighted by Crippen LogP contribution is -2.05. The molecule has 29 heavy (non-hydrogen) atoms. The van der Waals surface area contributed by atoms with Gasteiger partial charge in [-0.2, -0.15) is 0 Å². The molecule has 0 fully saturated rings. The minimum Gasteiger partial charge on any atom is -0.487 e. The zero-order valence-corrected chi connectivity index (χ0v) is 15.7. The Kier molecular flexibility index (Phi) is 5.12.